The zero-order chi connectivity index (χ0) is 10.2. The lowest BCUT2D eigenvalue weighted by molar-refractivity contribution is 0.135. The molecule has 0 amide bonds. The Morgan fingerprint density at radius 2 is 2.08 bits per heavy atom. The lowest BCUT2D eigenvalue weighted by Crippen LogP contribution is -2.34. The van der Waals surface area contributed by atoms with Crippen LogP contribution in [0.3, 0.4) is 0 Å². The van der Waals surface area contributed by atoms with Crippen molar-refractivity contribution in [1.82, 2.24) is 5.32 Å². The molecule has 0 bridgehead atoms. The summed E-state index contributed by atoms with van der Waals surface area (Å²) >= 11 is 0. The summed E-state index contributed by atoms with van der Waals surface area (Å²) in [6, 6.07) is 0. The van der Waals surface area contributed by atoms with Gasteiger partial charge in [0.2, 0.25) is 0 Å². The fraction of sp³-hybridized carbons (Fsp3) is 1.00. The molecule has 0 radical (unpaired) electrons. The SMILES string of the molecule is CCC(C)(CO)CNCCCCN. The quantitative estimate of drug-likeness (QED) is 0.492. The molecule has 1 atom stereocenters. The molecule has 0 spiro atoms. The van der Waals surface area contributed by atoms with Gasteiger partial charge in [-0.2, -0.15) is 0 Å². The minimum atomic E-state index is 0.0444. The summed E-state index contributed by atoms with van der Waals surface area (Å²) in [5, 5.41) is 12.5. The van der Waals surface area contributed by atoms with E-state index in [0.29, 0.717) is 0 Å². The van der Waals surface area contributed by atoms with Gasteiger partial charge in [0.1, 0.15) is 0 Å². The first-order valence-corrected chi connectivity index (χ1v) is 5.20. The predicted molar refractivity (Wildman–Crippen MR) is 56.6 cm³/mol. The van der Waals surface area contributed by atoms with Gasteiger partial charge in [-0.25, -0.2) is 0 Å². The third-order valence-electron chi connectivity index (χ3n) is 2.59. The van der Waals surface area contributed by atoms with Crippen LogP contribution in [0.15, 0.2) is 0 Å². The first kappa shape index (κ1) is 12.9. The molecule has 0 aliphatic heterocycles. The highest BCUT2D eigenvalue weighted by Gasteiger charge is 2.19. The van der Waals surface area contributed by atoms with E-state index in [0.717, 1.165) is 38.9 Å². The van der Waals surface area contributed by atoms with Crippen molar-refractivity contribution >= 4 is 0 Å². The number of hydrogen-bond acceptors (Lipinski definition) is 3. The Bertz CT molecular complexity index is 113. The van der Waals surface area contributed by atoms with E-state index >= 15 is 0 Å². The highest BCUT2D eigenvalue weighted by atomic mass is 16.3. The summed E-state index contributed by atoms with van der Waals surface area (Å²) < 4.78 is 0. The molecule has 0 heterocycles. The number of nitrogens with one attached hydrogen (secondary N) is 1. The lowest BCUT2D eigenvalue weighted by atomic mass is 9.89. The Balaban J connectivity index is 3.39. The first-order chi connectivity index (χ1) is 6.18. The van der Waals surface area contributed by atoms with Crippen LogP contribution >= 0.6 is 0 Å². The van der Waals surface area contributed by atoms with E-state index in [1.807, 2.05) is 0 Å². The number of hydrogen-bond donors (Lipinski definition) is 3. The number of rotatable bonds is 8. The van der Waals surface area contributed by atoms with Crippen molar-refractivity contribution in [2.45, 2.75) is 33.1 Å². The topological polar surface area (TPSA) is 58.3 Å². The summed E-state index contributed by atoms with van der Waals surface area (Å²) in [5.41, 5.74) is 5.43. The summed E-state index contributed by atoms with van der Waals surface area (Å²) in [6.45, 7) is 7.14. The van der Waals surface area contributed by atoms with E-state index in [2.05, 4.69) is 19.2 Å². The van der Waals surface area contributed by atoms with Gasteiger partial charge in [-0.05, 0) is 32.4 Å². The van der Waals surface area contributed by atoms with Crippen molar-refractivity contribution in [2.75, 3.05) is 26.2 Å². The van der Waals surface area contributed by atoms with Crippen molar-refractivity contribution in [3.63, 3.8) is 0 Å². The number of aliphatic hydroxyl groups excluding tert-OH is 1. The Morgan fingerprint density at radius 3 is 2.54 bits per heavy atom. The Kier molecular flexibility index (Phi) is 7.23. The summed E-state index contributed by atoms with van der Waals surface area (Å²) in [4.78, 5) is 0. The molecule has 13 heavy (non-hydrogen) atoms. The Hall–Kier alpha value is -0.120. The second-order valence-corrected chi connectivity index (χ2v) is 3.99. The zero-order valence-electron chi connectivity index (χ0n) is 8.97. The van der Waals surface area contributed by atoms with E-state index in [1.54, 1.807) is 0 Å². The normalized spacial score (nSPS) is 15.7. The molecule has 80 valence electrons. The summed E-state index contributed by atoms with van der Waals surface area (Å²) in [5.74, 6) is 0. The molecule has 0 aliphatic rings. The van der Waals surface area contributed by atoms with E-state index in [1.165, 1.54) is 0 Å². The molecular formula is C10H24N2O. The Morgan fingerprint density at radius 1 is 1.38 bits per heavy atom. The van der Waals surface area contributed by atoms with Crippen molar-refractivity contribution < 1.29 is 5.11 Å². The van der Waals surface area contributed by atoms with E-state index < -0.39 is 0 Å². The lowest BCUT2D eigenvalue weighted by Gasteiger charge is -2.25. The molecule has 0 aromatic rings. The molecule has 3 heteroatoms. The molecule has 4 N–H and O–H groups in total. The van der Waals surface area contributed by atoms with Gasteiger partial charge >= 0.3 is 0 Å². The molecule has 0 rings (SSSR count). The maximum Gasteiger partial charge on any atom is 0.0496 e. The van der Waals surface area contributed by atoms with Crippen LogP contribution in [-0.4, -0.2) is 31.3 Å². The smallest absolute Gasteiger partial charge is 0.0496 e. The van der Waals surface area contributed by atoms with Gasteiger partial charge in [-0.3, -0.25) is 0 Å². The molecule has 0 aromatic carbocycles. The van der Waals surface area contributed by atoms with Crippen LogP contribution < -0.4 is 11.1 Å². The van der Waals surface area contributed by atoms with E-state index in [-0.39, 0.29) is 12.0 Å². The highest BCUT2D eigenvalue weighted by Crippen LogP contribution is 2.18. The fourth-order valence-electron chi connectivity index (χ4n) is 1.08. The molecule has 0 aliphatic carbocycles. The van der Waals surface area contributed by atoms with Crippen LogP contribution in [0.4, 0.5) is 0 Å². The van der Waals surface area contributed by atoms with Gasteiger partial charge in [-0.1, -0.05) is 13.8 Å². The van der Waals surface area contributed by atoms with Crippen molar-refractivity contribution in [1.29, 1.82) is 0 Å². The van der Waals surface area contributed by atoms with Gasteiger partial charge < -0.3 is 16.2 Å². The maximum atomic E-state index is 9.13. The summed E-state index contributed by atoms with van der Waals surface area (Å²) in [6.07, 6.45) is 3.21. The van der Waals surface area contributed by atoms with E-state index in [4.69, 9.17) is 10.8 Å². The van der Waals surface area contributed by atoms with Gasteiger partial charge in [0.15, 0.2) is 0 Å². The van der Waals surface area contributed by atoms with Crippen molar-refractivity contribution in [3.8, 4) is 0 Å². The monoisotopic (exact) mass is 188 g/mol. The minimum Gasteiger partial charge on any atom is -0.396 e. The van der Waals surface area contributed by atoms with Crippen LogP contribution in [-0.2, 0) is 0 Å². The van der Waals surface area contributed by atoms with Crippen LogP contribution in [0.25, 0.3) is 0 Å². The molecule has 0 aromatic heterocycles. The second-order valence-electron chi connectivity index (χ2n) is 3.99. The molecule has 0 fully saturated rings. The van der Waals surface area contributed by atoms with Gasteiger partial charge in [0.25, 0.3) is 0 Å². The zero-order valence-corrected chi connectivity index (χ0v) is 8.97. The third kappa shape index (κ3) is 6.02. The molecule has 1 unspecified atom stereocenters. The minimum absolute atomic E-state index is 0.0444. The van der Waals surface area contributed by atoms with Crippen LogP contribution in [0, 0.1) is 5.41 Å². The van der Waals surface area contributed by atoms with Gasteiger partial charge in [-0.15, -0.1) is 0 Å². The van der Waals surface area contributed by atoms with Crippen molar-refractivity contribution in [2.24, 2.45) is 11.1 Å². The number of nitrogens with two attached hydrogens (primary N) is 1. The Labute approximate surface area is 81.7 Å². The maximum absolute atomic E-state index is 9.13. The van der Waals surface area contributed by atoms with Crippen LogP contribution in [0.2, 0.25) is 0 Å². The average molecular weight is 188 g/mol. The molecule has 3 nitrogen and oxygen atoms in total. The standard InChI is InChI=1S/C10H24N2O/c1-3-10(2,9-13)8-12-7-5-4-6-11/h12-13H,3-9,11H2,1-2H3. The largest absolute Gasteiger partial charge is 0.396 e. The molecular weight excluding hydrogens is 164 g/mol. The first-order valence-electron chi connectivity index (χ1n) is 5.20. The van der Waals surface area contributed by atoms with E-state index in [9.17, 15) is 0 Å². The van der Waals surface area contributed by atoms with Gasteiger partial charge in [0.05, 0.1) is 0 Å². The average Bonchev–Trinajstić information content (AvgIpc) is 2.17. The number of aliphatic hydroxyl groups is 1. The summed E-state index contributed by atoms with van der Waals surface area (Å²) in [7, 11) is 0. The highest BCUT2D eigenvalue weighted by molar-refractivity contribution is 4.73. The number of unbranched alkanes of at least 4 members (excludes halogenated alkanes) is 1. The van der Waals surface area contributed by atoms with Crippen LogP contribution in [0.5, 0.6) is 0 Å². The van der Waals surface area contributed by atoms with Crippen LogP contribution in [0.1, 0.15) is 33.1 Å². The third-order valence-corrected chi connectivity index (χ3v) is 2.59. The molecule has 0 saturated carbocycles. The fourth-order valence-corrected chi connectivity index (χ4v) is 1.08. The van der Waals surface area contributed by atoms with Crippen molar-refractivity contribution in [3.05, 3.63) is 0 Å². The van der Waals surface area contributed by atoms with Gasteiger partial charge in [0, 0.05) is 18.6 Å². The molecule has 0 saturated heterocycles. The second kappa shape index (κ2) is 7.30. The predicted octanol–water partition coefficient (Wildman–Crippen LogP) is 0.724.